The van der Waals surface area contributed by atoms with Gasteiger partial charge < -0.3 is 10.6 Å². The Morgan fingerprint density at radius 1 is 1.08 bits per heavy atom. The Bertz CT molecular complexity index is 249. The Hall–Kier alpha value is -1.18. The molecule has 2 nitrogen and oxygen atoms in total. The maximum atomic E-state index is 3.41. The molecule has 1 aliphatic carbocycles. The van der Waals surface area contributed by atoms with Gasteiger partial charge in [-0.3, -0.25) is 0 Å². The third-order valence-corrected chi connectivity index (χ3v) is 2.13. The van der Waals surface area contributed by atoms with Crippen LogP contribution < -0.4 is 10.6 Å². The van der Waals surface area contributed by atoms with Gasteiger partial charge >= 0.3 is 0 Å². The summed E-state index contributed by atoms with van der Waals surface area (Å²) in [6, 6.07) is 0. The first-order chi connectivity index (χ1) is 5.97. The molecule has 0 bridgehead atoms. The van der Waals surface area contributed by atoms with E-state index in [0.29, 0.717) is 0 Å². The summed E-state index contributed by atoms with van der Waals surface area (Å²) in [6.07, 6.45) is 10.9. The lowest BCUT2D eigenvalue weighted by atomic mass is 10.3. The lowest BCUT2D eigenvalue weighted by molar-refractivity contribution is 0.745. The highest BCUT2D eigenvalue weighted by Crippen LogP contribution is 2.11. The summed E-state index contributed by atoms with van der Waals surface area (Å²) >= 11 is 0. The van der Waals surface area contributed by atoms with Gasteiger partial charge in [0.1, 0.15) is 0 Å². The first-order valence-corrected chi connectivity index (χ1v) is 4.52. The van der Waals surface area contributed by atoms with Crippen LogP contribution in [0.25, 0.3) is 0 Å². The number of rotatable bonds is 0. The van der Waals surface area contributed by atoms with Gasteiger partial charge in [-0.1, -0.05) is 18.2 Å². The van der Waals surface area contributed by atoms with Crippen LogP contribution in [0.3, 0.4) is 0 Å². The summed E-state index contributed by atoms with van der Waals surface area (Å²) in [5.41, 5.74) is 2.50. The van der Waals surface area contributed by atoms with Gasteiger partial charge in [0, 0.05) is 13.1 Å². The van der Waals surface area contributed by atoms with Crippen molar-refractivity contribution in [1.82, 2.24) is 10.6 Å². The maximum absolute atomic E-state index is 3.41. The van der Waals surface area contributed by atoms with Crippen LogP contribution >= 0.6 is 0 Å². The molecule has 0 aromatic carbocycles. The van der Waals surface area contributed by atoms with E-state index in [1.54, 1.807) is 0 Å². The molecule has 0 aromatic rings. The van der Waals surface area contributed by atoms with Crippen molar-refractivity contribution in [3.63, 3.8) is 0 Å². The van der Waals surface area contributed by atoms with E-state index in [-0.39, 0.29) is 0 Å². The molecule has 12 heavy (non-hydrogen) atoms. The van der Waals surface area contributed by atoms with Gasteiger partial charge in [-0.2, -0.15) is 0 Å². The summed E-state index contributed by atoms with van der Waals surface area (Å²) in [5, 5.41) is 6.82. The van der Waals surface area contributed by atoms with E-state index in [1.807, 2.05) is 0 Å². The largest absolute Gasteiger partial charge is 0.384 e. The van der Waals surface area contributed by atoms with E-state index in [2.05, 4.69) is 34.9 Å². The molecule has 0 aromatic heterocycles. The van der Waals surface area contributed by atoms with E-state index in [9.17, 15) is 0 Å². The Morgan fingerprint density at radius 2 is 1.92 bits per heavy atom. The molecule has 64 valence electrons. The smallest absolute Gasteiger partial charge is 0.0572 e. The summed E-state index contributed by atoms with van der Waals surface area (Å²) in [5.74, 6) is 0. The van der Waals surface area contributed by atoms with Gasteiger partial charge in [0.15, 0.2) is 0 Å². The predicted octanol–water partition coefficient (Wildman–Crippen LogP) is 1.30. The number of hydrogen-bond acceptors (Lipinski definition) is 2. The van der Waals surface area contributed by atoms with E-state index in [4.69, 9.17) is 0 Å². The second kappa shape index (κ2) is 3.48. The molecule has 2 heteroatoms. The van der Waals surface area contributed by atoms with Crippen molar-refractivity contribution >= 4 is 0 Å². The molecule has 1 aliphatic heterocycles. The van der Waals surface area contributed by atoms with Crippen molar-refractivity contribution in [1.29, 1.82) is 0 Å². The second-order valence-corrected chi connectivity index (χ2v) is 3.07. The molecule has 1 saturated heterocycles. The molecule has 2 aliphatic rings. The van der Waals surface area contributed by atoms with Crippen molar-refractivity contribution in [3.8, 4) is 0 Å². The van der Waals surface area contributed by atoms with Crippen LogP contribution in [0, 0.1) is 0 Å². The molecule has 2 rings (SSSR count). The highest BCUT2D eigenvalue weighted by Gasteiger charge is 2.07. The van der Waals surface area contributed by atoms with Crippen molar-refractivity contribution in [2.24, 2.45) is 0 Å². The van der Waals surface area contributed by atoms with Crippen molar-refractivity contribution in [2.75, 3.05) is 13.1 Å². The summed E-state index contributed by atoms with van der Waals surface area (Å²) < 4.78 is 0. The fourth-order valence-corrected chi connectivity index (χ4v) is 1.48. The summed E-state index contributed by atoms with van der Waals surface area (Å²) in [7, 11) is 0. The standard InChI is InChI=1S/C10H14N2/c1-2-5-9-10(6-3-1)12-8-4-7-11-9/h1-2,5-6,11-12H,3-4,7-8H2. The quantitative estimate of drug-likeness (QED) is 0.561. The van der Waals surface area contributed by atoms with E-state index in [1.165, 1.54) is 17.8 Å². The van der Waals surface area contributed by atoms with Gasteiger partial charge in [-0.05, 0) is 18.9 Å². The van der Waals surface area contributed by atoms with Crippen molar-refractivity contribution in [2.45, 2.75) is 12.8 Å². The van der Waals surface area contributed by atoms with Gasteiger partial charge in [-0.25, -0.2) is 0 Å². The first kappa shape index (κ1) is 7.47. The van der Waals surface area contributed by atoms with Crippen LogP contribution in [0.15, 0.2) is 35.7 Å². The Kier molecular flexibility index (Phi) is 2.16. The zero-order chi connectivity index (χ0) is 8.23. The number of fused-ring (bicyclic) bond motifs is 1. The number of allylic oxidation sites excluding steroid dienone is 4. The molecule has 0 atom stereocenters. The van der Waals surface area contributed by atoms with Crippen LogP contribution in [0.4, 0.5) is 0 Å². The van der Waals surface area contributed by atoms with Gasteiger partial charge in [0.25, 0.3) is 0 Å². The van der Waals surface area contributed by atoms with E-state index >= 15 is 0 Å². The number of hydrogen-bond donors (Lipinski definition) is 2. The molecule has 0 spiro atoms. The molecule has 1 heterocycles. The molecular weight excluding hydrogens is 148 g/mol. The van der Waals surface area contributed by atoms with Crippen LogP contribution in [-0.2, 0) is 0 Å². The van der Waals surface area contributed by atoms with Crippen molar-refractivity contribution < 1.29 is 0 Å². The molecular formula is C10H14N2. The topological polar surface area (TPSA) is 24.1 Å². The zero-order valence-electron chi connectivity index (χ0n) is 7.14. The van der Waals surface area contributed by atoms with Crippen LogP contribution in [0.5, 0.6) is 0 Å². The lowest BCUT2D eigenvalue weighted by Gasteiger charge is -2.08. The fraction of sp³-hybridized carbons (Fsp3) is 0.400. The Balaban J connectivity index is 2.23. The third-order valence-electron chi connectivity index (χ3n) is 2.13. The number of nitrogens with one attached hydrogen (secondary N) is 2. The predicted molar refractivity (Wildman–Crippen MR) is 50.5 cm³/mol. The summed E-state index contributed by atoms with van der Waals surface area (Å²) in [4.78, 5) is 0. The molecule has 0 unspecified atom stereocenters. The fourth-order valence-electron chi connectivity index (χ4n) is 1.48. The minimum atomic E-state index is 1.03. The SMILES string of the molecule is C1=CCC=C2NCCCNC2=C1. The minimum Gasteiger partial charge on any atom is -0.384 e. The molecule has 0 saturated carbocycles. The van der Waals surface area contributed by atoms with Gasteiger partial charge in [0.05, 0.1) is 11.4 Å². The van der Waals surface area contributed by atoms with Crippen LogP contribution in [0.1, 0.15) is 12.8 Å². The highest BCUT2D eigenvalue weighted by atomic mass is 15.0. The van der Waals surface area contributed by atoms with E-state index < -0.39 is 0 Å². The average molecular weight is 162 g/mol. The highest BCUT2D eigenvalue weighted by molar-refractivity contribution is 5.34. The minimum absolute atomic E-state index is 1.03. The average Bonchev–Trinajstić information content (AvgIpc) is 2.38. The van der Waals surface area contributed by atoms with Crippen LogP contribution in [0.2, 0.25) is 0 Å². The van der Waals surface area contributed by atoms with Gasteiger partial charge in [0.2, 0.25) is 0 Å². The normalized spacial score (nSPS) is 22.0. The van der Waals surface area contributed by atoms with E-state index in [0.717, 1.165) is 19.5 Å². The Labute approximate surface area is 73.0 Å². The molecule has 0 amide bonds. The van der Waals surface area contributed by atoms with Crippen LogP contribution in [-0.4, -0.2) is 13.1 Å². The molecule has 0 radical (unpaired) electrons. The molecule has 1 fully saturated rings. The van der Waals surface area contributed by atoms with Crippen molar-refractivity contribution in [3.05, 3.63) is 35.7 Å². The lowest BCUT2D eigenvalue weighted by Crippen LogP contribution is -2.17. The maximum Gasteiger partial charge on any atom is 0.0572 e. The third kappa shape index (κ3) is 1.52. The molecule has 2 N–H and O–H groups in total. The monoisotopic (exact) mass is 162 g/mol. The zero-order valence-corrected chi connectivity index (χ0v) is 7.14. The van der Waals surface area contributed by atoms with Gasteiger partial charge in [-0.15, -0.1) is 0 Å². The summed E-state index contributed by atoms with van der Waals surface area (Å²) in [6.45, 7) is 2.15. The first-order valence-electron chi connectivity index (χ1n) is 4.52. The Morgan fingerprint density at radius 3 is 2.83 bits per heavy atom. The second-order valence-electron chi connectivity index (χ2n) is 3.07.